The quantitative estimate of drug-likeness (QED) is 0.779. The highest BCUT2D eigenvalue weighted by Crippen LogP contribution is 2.27. The molecule has 138 valence electrons. The van der Waals surface area contributed by atoms with E-state index in [4.69, 9.17) is 0 Å². The van der Waals surface area contributed by atoms with Crippen LogP contribution in [0.25, 0.3) is 0 Å². The van der Waals surface area contributed by atoms with Gasteiger partial charge in [-0.15, -0.1) is 0 Å². The molecular weight excluding hydrogens is 308 g/mol. The Bertz CT molecular complexity index is 557. The lowest BCUT2D eigenvalue weighted by atomic mass is 9.95. The van der Waals surface area contributed by atoms with Gasteiger partial charge in [-0.2, -0.15) is 0 Å². The molecule has 1 saturated carbocycles. The Morgan fingerprint density at radius 2 is 1.80 bits per heavy atom. The maximum atomic E-state index is 12.1. The Kier molecular flexibility index (Phi) is 6.52. The molecule has 1 aromatic rings. The van der Waals surface area contributed by atoms with E-state index in [1.165, 1.54) is 62.7 Å². The van der Waals surface area contributed by atoms with Gasteiger partial charge in [0.1, 0.15) is 0 Å². The van der Waals surface area contributed by atoms with Gasteiger partial charge in [0.2, 0.25) is 5.91 Å². The lowest BCUT2D eigenvalue weighted by molar-refractivity contribution is -0.132. The first-order chi connectivity index (χ1) is 12.1. The SMILES string of the molecule is CC(=O)N(CC1CCN(CCc2ccccc2C)CC1)C1CCCC1. The first-order valence-electron chi connectivity index (χ1n) is 10.2. The fraction of sp³-hybridized carbons (Fsp3) is 0.682. The van der Waals surface area contributed by atoms with Crippen LogP contribution in [0.2, 0.25) is 0 Å². The van der Waals surface area contributed by atoms with E-state index in [-0.39, 0.29) is 5.91 Å². The van der Waals surface area contributed by atoms with Crippen molar-refractivity contribution in [3.05, 3.63) is 35.4 Å². The standard InChI is InChI=1S/C22H34N2O/c1-18-7-3-4-8-21(18)13-16-23-14-11-20(12-15-23)17-24(19(2)25)22-9-5-6-10-22/h3-4,7-8,20,22H,5-6,9-17H2,1-2H3. The molecular formula is C22H34N2O. The summed E-state index contributed by atoms with van der Waals surface area (Å²) < 4.78 is 0. The maximum absolute atomic E-state index is 12.1. The number of piperidine rings is 1. The Balaban J connectivity index is 1.43. The Morgan fingerprint density at radius 3 is 2.44 bits per heavy atom. The Morgan fingerprint density at radius 1 is 1.12 bits per heavy atom. The molecule has 2 aliphatic rings. The first-order valence-corrected chi connectivity index (χ1v) is 10.2. The minimum atomic E-state index is 0.286. The third-order valence-corrected chi connectivity index (χ3v) is 6.29. The molecule has 3 nitrogen and oxygen atoms in total. The molecule has 25 heavy (non-hydrogen) atoms. The summed E-state index contributed by atoms with van der Waals surface area (Å²) in [7, 11) is 0. The van der Waals surface area contributed by atoms with Crippen LogP contribution < -0.4 is 0 Å². The second kappa shape index (κ2) is 8.84. The second-order valence-electron chi connectivity index (χ2n) is 8.07. The van der Waals surface area contributed by atoms with Gasteiger partial charge < -0.3 is 9.80 Å². The summed E-state index contributed by atoms with van der Waals surface area (Å²) in [4.78, 5) is 16.9. The number of aryl methyl sites for hydroxylation is 1. The van der Waals surface area contributed by atoms with Crippen LogP contribution in [-0.4, -0.2) is 47.9 Å². The number of nitrogens with zero attached hydrogens (tertiary/aromatic N) is 2. The Hall–Kier alpha value is -1.35. The van der Waals surface area contributed by atoms with Crippen LogP contribution in [0.15, 0.2) is 24.3 Å². The molecule has 0 bridgehead atoms. The fourth-order valence-electron chi connectivity index (χ4n) is 4.59. The maximum Gasteiger partial charge on any atom is 0.219 e. The summed E-state index contributed by atoms with van der Waals surface area (Å²) in [5, 5.41) is 0. The number of rotatable bonds is 6. The molecule has 1 aliphatic carbocycles. The van der Waals surface area contributed by atoms with Crippen molar-refractivity contribution in [1.82, 2.24) is 9.80 Å². The second-order valence-corrected chi connectivity index (χ2v) is 8.07. The van der Waals surface area contributed by atoms with Crippen molar-refractivity contribution in [3.8, 4) is 0 Å². The number of hydrogen-bond donors (Lipinski definition) is 0. The van der Waals surface area contributed by atoms with Crippen LogP contribution in [-0.2, 0) is 11.2 Å². The van der Waals surface area contributed by atoms with Crippen molar-refractivity contribution < 1.29 is 4.79 Å². The molecule has 1 saturated heterocycles. The highest BCUT2D eigenvalue weighted by molar-refractivity contribution is 5.73. The zero-order valence-corrected chi connectivity index (χ0v) is 16.0. The number of carbonyl (C=O) groups is 1. The number of carbonyl (C=O) groups excluding carboxylic acids is 1. The minimum Gasteiger partial charge on any atom is -0.340 e. The van der Waals surface area contributed by atoms with Gasteiger partial charge in [-0.3, -0.25) is 4.79 Å². The predicted molar refractivity (Wildman–Crippen MR) is 104 cm³/mol. The van der Waals surface area contributed by atoms with Gasteiger partial charge in [0.15, 0.2) is 0 Å². The zero-order chi connectivity index (χ0) is 17.6. The monoisotopic (exact) mass is 342 g/mol. The van der Waals surface area contributed by atoms with E-state index in [9.17, 15) is 4.79 Å². The molecule has 0 atom stereocenters. The van der Waals surface area contributed by atoms with Crippen molar-refractivity contribution in [2.75, 3.05) is 26.2 Å². The summed E-state index contributed by atoms with van der Waals surface area (Å²) in [5.74, 6) is 0.980. The van der Waals surface area contributed by atoms with Crippen molar-refractivity contribution in [2.45, 2.75) is 64.8 Å². The van der Waals surface area contributed by atoms with Crippen LogP contribution in [0.4, 0.5) is 0 Å². The lowest BCUT2D eigenvalue weighted by Crippen LogP contribution is -2.44. The van der Waals surface area contributed by atoms with Gasteiger partial charge in [-0.25, -0.2) is 0 Å². The van der Waals surface area contributed by atoms with Crippen LogP contribution in [0.1, 0.15) is 56.6 Å². The average molecular weight is 343 g/mol. The summed E-state index contributed by atoms with van der Waals surface area (Å²) in [6.07, 6.45) is 8.66. The van der Waals surface area contributed by atoms with Gasteiger partial charge in [0.05, 0.1) is 0 Å². The molecule has 3 heteroatoms. The largest absolute Gasteiger partial charge is 0.340 e. The molecule has 1 heterocycles. The van der Waals surface area contributed by atoms with Gasteiger partial charge in [-0.05, 0) is 69.2 Å². The van der Waals surface area contributed by atoms with Crippen LogP contribution in [0.5, 0.6) is 0 Å². The van der Waals surface area contributed by atoms with Crippen molar-refractivity contribution >= 4 is 5.91 Å². The van der Waals surface area contributed by atoms with E-state index in [0.717, 1.165) is 19.5 Å². The van der Waals surface area contributed by atoms with Gasteiger partial charge in [0.25, 0.3) is 0 Å². The molecule has 2 fully saturated rings. The molecule has 1 aromatic carbocycles. The zero-order valence-electron chi connectivity index (χ0n) is 16.0. The van der Waals surface area contributed by atoms with Crippen molar-refractivity contribution in [2.24, 2.45) is 5.92 Å². The summed E-state index contributed by atoms with van der Waals surface area (Å²) in [6, 6.07) is 9.26. The van der Waals surface area contributed by atoms with Crippen LogP contribution in [0.3, 0.4) is 0 Å². The third kappa shape index (κ3) is 5.07. The molecule has 1 aliphatic heterocycles. The van der Waals surface area contributed by atoms with Gasteiger partial charge >= 0.3 is 0 Å². The Labute approximate surface area is 153 Å². The highest BCUT2D eigenvalue weighted by Gasteiger charge is 2.28. The van der Waals surface area contributed by atoms with Crippen LogP contribution in [0, 0.1) is 12.8 Å². The number of amides is 1. The van der Waals surface area contributed by atoms with Crippen molar-refractivity contribution in [3.63, 3.8) is 0 Å². The number of benzene rings is 1. The van der Waals surface area contributed by atoms with Gasteiger partial charge in [0, 0.05) is 26.1 Å². The average Bonchev–Trinajstić information content (AvgIpc) is 3.14. The first kappa shape index (κ1) is 18.4. The van der Waals surface area contributed by atoms with E-state index >= 15 is 0 Å². The van der Waals surface area contributed by atoms with E-state index < -0.39 is 0 Å². The number of hydrogen-bond acceptors (Lipinski definition) is 2. The summed E-state index contributed by atoms with van der Waals surface area (Å²) in [6.45, 7) is 8.50. The summed E-state index contributed by atoms with van der Waals surface area (Å²) >= 11 is 0. The van der Waals surface area contributed by atoms with Crippen LogP contribution >= 0.6 is 0 Å². The van der Waals surface area contributed by atoms with Gasteiger partial charge in [-0.1, -0.05) is 37.1 Å². The minimum absolute atomic E-state index is 0.286. The topological polar surface area (TPSA) is 23.6 Å². The third-order valence-electron chi connectivity index (χ3n) is 6.29. The van der Waals surface area contributed by atoms with E-state index in [1.807, 2.05) is 0 Å². The normalized spacial score (nSPS) is 20.1. The molecule has 0 unspecified atom stereocenters. The number of likely N-dealkylation sites (tertiary alicyclic amines) is 1. The molecule has 0 radical (unpaired) electrons. The predicted octanol–water partition coefficient (Wildman–Crippen LogP) is 4.04. The fourth-order valence-corrected chi connectivity index (χ4v) is 4.59. The highest BCUT2D eigenvalue weighted by atomic mass is 16.2. The molecule has 1 amide bonds. The molecule has 0 spiro atoms. The molecule has 0 N–H and O–H groups in total. The molecule has 0 aromatic heterocycles. The van der Waals surface area contributed by atoms with Crippen molar-refractivity contribution in [1.29, 1.82) is 0 Å². The molecule has 3 rings (SSSR count). The summed E-state index contributed by atoms with van der Waals surface area (Å²) in [5.41, 5.74) is 2.89. The van der Waals surface area contributed by atoms with E-state index in [2.05, 4.69) is 41.0 Å². The smallest absolute Gasteiger partial charge is 0.219 e. The lowest BCUT2D eigenvalue weighted by Gasteiger charge is -2.37. The van der Waals surface area contributed by atoms with E-state index in [0.29, 0.717) is 12.0 Å². The van der Waals surface area contributed by atoms with E-state index in [1.54, 1.807) is 6.92 Å².